The summed E-state index contributed by atoms with van der Waals surface area (Å²) in [6.07, 6.45) is -0.996. The molecule has 0 aliphatic heterocycles. The molecule has 1 atom stereocenters. The summed E-state index contributed by atoms with van der Waals surface area (Å²) in [6, 6.07) is 10.3. The van der Waals surface area contributed by atoms with E-state index in [0.717, 1.165) is 5.56 Å². The van der Waals surface area contributed by atoms with Crippen LogP contribution in [0.4, 0.5) is 0 Å². The van der Waals surface area contributed by atoms with Crippen molar-refractivity contribution in [2.24, 2.45) is 0 Å². The third kappa shape index (κ3) is 3.89. The highest BCUT2D eigenvalue weighted by Gasteiger charge is 2.24. The molecule has 7 nitrogen and oxygen atoms in total. The lowest BCUT2D eigenvalue weighted by atomic mass is 10.1. The molecule has 7 heteroatoms. The van der Waals surface area contributed by atoms with Crippen LogP contribution in [0.15, 0.2) is 45.6 Å². The summed E-state index contributed by atoms with van der Waals surface area (Å²) in [5, 5.41) is 0.354. The summed E-state index contributed by atoms with van der Waals surface area (Å²) in [5.41, 5.74) is 1.51. The molecule has 0 amide bonds. The second kappa shape index (κ2) is 8.26. The Bertz CT molecular complexity index is 1110. The topological polar surface area (TPSA) is 84.2 Å². The molecule has 152 valence electrons. The van der Waals surface area contributed by atoms with Gasteiger partial charge in [0.25, 0.3) is 0 Å². The lowest BCUT2D eigenvalue weighted by molar-refractivity contribution is -0.147. The summed E-state index contributed by atoms with van der Waals surface area (Å²) in [6.45, 7) is 3.41. The number of benzene rings is 2. The molecule has 0 radical (unpaired) electrons. The predicted octanol–water partition coefficient (Wildman–Crippen LogP) is 3.73. The highest BCUT2D eigenvalue weighted by atomic mass is 16.6. The summed E-state index contributed by atoms with van der Waals surface area (Å²) >= 11 is 0. The molecule has 0 bridgehead atoms. The fourth-order valence-corrected chi connectivity index (χ4v) is 2.95. The first kappa shape index (κ1) is 20.3. The van der Waals surface area contributed by atoms with Gasteiger partial charge in [-0.25, -0.2) is 4.79 Å². The predicted molar refractivity (Wildman–Crippen MR) is 108 cm³/mol. The van der Waals surface area contributed by atoms with Crippen LogP contribution in [0.2, 0.25) is 0 Å². The van der Waals surface area contributed by atoms with Crippen molar-refractivity contribution in [1.29, 1.82) is 0 Å². The molecule has 2 aromatic carbocycles. The van der Waals surface area contributed by atoms with Gasteiger partial charge in [0.15, 0.2) is 23.4 Å². The third-order valence-corrected chi connectivity index (χ3v) is 4.48. The smallest absolute Gasteiger partial charge is 0.346 e. The Labute approximate surface area is 167 Å². The highest BCUT2D eigenvalue weighted by molar-refractivity contribution is 5.83. The van der Waals surface area contributed by atoms with Crippen molar-refractivity contribution >= 4 is 16.9 Å². The summed E-state index contributed by atoms with van der Waals surface area (Å²) in [5.74, 6) is 0.493. The molecule has 0 unspecified atom stereocenters. The molecule has 0 aliphatic rings. The molecular formula is C22H22O7. The van der Waals surface area contributed by atoms with Crippen LogP contribution in [0.5, 0.6) is 17.2 Å². The van der Waals surface area contributed by atoms with Gasteiger partial charge >= 0.3 is 5.97 Å². The summed E-state index contributed by atoms with van der Waals surface area (Å²) in [7, 11) is 4.30. The highest BCUT2D eigenvalue weighted by Crippen LogP contribution is 2.37. The molecule has 0 spiro atoms. The fourth-order valence-electron chi connectivity index (χ4n) is 2.95. The molecule has 0 saturated carbocycles. The number of esters is 1. The Balaban J connectivity index is 2.27. The van der Waals surface area contributed by atoms with Gasteiger partial charge in [-0.1, -0.05) is 6.07 Å². The van der Waals surface area contributed by atoms with Crippen molar-refractivity contribution in [3.05, 3.63) is 52.2 Å². The second-order valence-corrected chi connectivity index (χ2v) is 6.44. The molecule has 3 rings (SSSR count). The fraction of sp³-hybridized carbons (Fsp3) is 0.273. The van der Waals surface area contributed by atoms with Gasteiger partial charge in [-0.05, 0) is 49.7 Å². The third-order valence-electron chi connectivity index (χ3n) is 4.48. The van der Waals surface area contributed by atoms with Gasteiger partial charge < -0.3 is 23.4 Å². The standard InChI is InChI=1S/C22H22O7/c1-12-6-8-15-17(10-12)29-20(14-7-9-16(25-3)18(11-14)26-4)21(19(15)23)28-13(2)22(24)27-5/h6-11,13H,1-5H3/t13-/m1/s1. The normalized spacial score (nSPS) is 11.8. The van der Waals surface area contributed by atoms with E-state index in [-0.39, 0.29) is 16.9 Å². The van der Waals surface area contributed by atoms with E-state index in [1.54, 1.807) is 30.3 Å². The molecule has 3 aromatic rings. The number of ether oxygens (including phenoxy) is 4. The Kier molecular flexibility index (Phi) is 5.77. The van der Waals surface area contributed by atoms with Crippen LogP contribution in [0.3, 0.4) is 0 Å². The minimum Gasteiger partial charge on any atom is -0.493 e. The van der Waals surface area contributed by atoms with Gasteiger partial charge in [-0.2, -0.15) is 0 Å². The number of aryl methyl sites for hydroxylation is 1. The molecule has 0 N–H and O–H groups in total. The Morgan fingerprint density at radius 3 is 2.38 bits per heavy atom. The zero-order chi connectivity index (χ0) is 21.1. The van der Waals surface area contributed by atoms with Gasteiger partial charge in [0, 0.05) is 5.56 Å². The first-order valence-electron chi connectivity index (χ1n) is 8.94. The van der Waals surface area contributed by atoms with Crippen LogP contribution >= 0.6 is 0 Å². The zero-order valence-corrected chi connectivity index (χ0v) is 16.9. The van der Waals surface area contributed by atoms with Gasteiger partial charge in [0.05, 0.1) is 26.7 Å². The van der Waals surface area contributed by atoms with Crippen LogP contribution in [-0.4, -0.2) is 33.4 Å². The van der Waals surface area contributed by atoms with Crippen molar-refractivity contribution in [3.63, 3.8) is 0 Å². The SMILES string of the molecule is COC(=O)[C@@H](C)Oc1c(-c2ccc(OC)c(OC)c2)oc2cc(C)ccc2c1=O. The zero-order valence-electron chi connectivity index (χ0n) is 16.9. The van der Waals surface area contributed by atoms with Crippen molar-refractivity contribution in [1.82, 2.24) is 0 Å². The molecule has 0 saturated heterocycles. The number of carbonyl (C=O) groups is 1. The van der Waals surface area contributed by atoms with Crippen LogP contribution in [0.25, 0.3) is 22.3 Å². The molecule has 0 fully saturated rings. The molecule has 1 aromatic heterocycles. The van der Waals surface area contributed by atoms with E-state index < -0.39 is 12.1 Å². The largest absolute Gasteiger partial charge is 0.493 e. The number of hydrogen-bond acceptors (Lipinski definition) is 7. The van der Waals surface area contributed by atoms with E-state index in [2.05, 4.69) is 0 Å². The molecule has 0 aliphatic carbocycles. The number of carbonyl (C=O) groups excluding carboxylic acids is 1. The number of methoxy groups -OCH3 is 3. The van der Waals surface area contributed by atoms with Crippen molar-refractivity contribution in [2.45, 2.75) is 20.0 Å². The number of fused-ring (bicyclic) bond motifs is 1. The van der Waals surface area contributed by atoms with Crippen LogP contribution < -0.4 is 19.6 Å². The van der Waals surface area contributed by atoms with E-state index in [0.29, 0.717) is 28.0 Å². The first-order valence-corrected chi connectivity index (χ1v) is 8.94. The van der Waals surface area contributed by atoms with Crippen molar-refractivity contribution < 1.29 is 28.2 Å². The maximum Gasteiger partial charge on any atom is 0.346 e. The van der Waals surface area contributed by atoms with E-state index in [9.17, 15) is 9.59 Å². The molecular weight excluding hydrogens is 376 g/mol. The summed E-state index contributed by atoms with van der Waals surface area (Å²) < 4.78 is 27.1. The monoisotopic (exact) mass is 398 g/mol. The van der Waals surface area contributed by atoms with Gasteiger partial charge in [-0.3, -0.25) is 4.79 Å². The Morgan fingerprint density at radius 1 is 1.00 bits per heavy atom. The maximum absolute atomic E-state index is 13.2. The Morgan fingerprint density at radius 2 is 1.72 bits per heavy atom. The van der Waals surface area contributed by atoms with Crippen LogP contribution in [0.1, 0.15) is 12.5 Å². The minimum absolute atomic E-state index is 0.0773. The van der Waals surface area contributed by atoms with Gasteiger partial charge in [-0.15, -0.1) is 0 Å². The average Bonchev–Trinajstić information content (AvgIpc) is 2.73. The van der Waals surface area contributed by atoms with E-state index in [1.807, 2.05) is 13.0 Å². The summed E-state index contributed by atoms with van der Waals surface area (Å²) in [4.78, 5) is 25.0. The number of rotatable bonds is 6. The van der Waals surface area contributed by atoms with Crippen LogP contribution in [0, 0.1) is 6.92 Å². The molecule has 29 heavy (non-hydrogen) atoms. The quantitative estimate of drug-likeness (QED) is 0.585. The maximum atomic E-state index is 13.2. The van der Waals surface area contributed by atoms with Crippen molar-refractivity contribution in [2.75, 3.05) is 21.3 Å². The van der Waals surface area contributed by atoms with Crippen molar-refractivity contribution in [3.8, 4) is 28.6 Å². The average molecular weight is 398 g/mol. The lowest BCUT2D eigenvalue weighted by Crippen LogP contribution is -2.27. The van der Waals surface area contributed by atoms with Gasteiger partial charge in [0.2, 0.25) is 11.2 Å². The van der Waals surface area contributed by atoms with E-state index >= 15 is 0 Å². The van der Waals surface area contributed by atoms with E-state index in [1.165, 1.54) is 28.3 Å². The molecule has 1 heterocycles. The Hall–Kier alpha value is -3.48. The van der Waals surface area contributed by atoms with E-state index in [4.69, 9.17) is 23.4 Å². The number of hydrogen-bond donors (Lipinski definition) is 0. The van der Waals surface area contributed by atoms with Crippen LogP contribution in [-0.2, 0) is 9.53 Å². The second-order valence-electron chi connectivity index (χ2n) is 6.44. The first-order chi connectivity index (χ1) is 13.9. The minimum atomic E-state index is -0.996. The van der Waals surface area contributed by atoms with Gasteiger partial charge in [0.1, 0.15) is 5.58 Å². The lowest BCUT2D eigenvalue weighted by Gasteiger charge is -2.16.